The molecule has 9 nitrogen and oxygen atoms in total. The van der Waals surface area contributed by atoms with Gasteiger partial charge >= 0.3 is 0 Å². The van der Waals surface area contributed by atoms with Crippen molar-refractivity contribution >= 4 is 63.2 Å². The molecule has 0 fully saturated rings. The summed E-state index contributed by atoms with van der Waals surface area (Å²) in [5.41, 5.74) is 23.9. The van der Waals surface area contributed by atoms with Crippen LogP contribution >= 0.6 is 34.0 Å². The van der Waals surface area contributed by atoms with Crippen molar-refractivity contribution < 1.29 is 42.7 Å². The second kappa shape index (κ2) is 23.7. The first kappa shape index (κ1) is 49.1. The number of thiophene rings is 3. The molecule has 0 saturated heterocycles. The molecular formula is C54H46F3N3O6S3. The quantitative estimate of drug-likeness (QED) is 0.0581. The van der Waals surface area contributed by atoms with Crippen molar-refractivity contribution in [1.29, 1.82) is 0 Å². The van der Waals surface area contributed by atoms with Crippen LogP contribution in [-0.4, -0.2) is 15.3 Å². The van der Waals surface area contributed by atoms with E-state index in [0.29, 0.717) is 17.1 Å². The minimum Gasteiger partial charge on any atom is -0.504 e. The van der Waals surface area contributed by atoms with E-state index < -0.39 is 17.5 Å². The van der Waals surface area contributed by atoms with Gasteiger partial charge in [0.05, 0.1) is 0 Å². The van der Waals surface area contributed by atoms with E-state index in [1.165, 1.54) is 53.6 Å². The third-order valence-corrected chi connectivity index (χ3v) is 12.3. The fourth-order valence-corrected chi connectivity index (χ4v) is 8.53. The first-order chi connectivity index (χ1) is 33.3. The van der Waals surface area contributed by atoms with Crippen LogP contribution in [0.3, 0.4) is 0 Å². The molecule has 0 atom stereocenters. The highest BCUT2D eigenvalue weighted by Crippen LogP contribution is 2.36. The molecule has 9 N–H and O–H groups in total. The van der Waals surface area contributed by atoms with E-state index in [1.807, 2.05) is 51.9 Å². The van der Waals surface area contributed by atoms with Crippen LogP contribution in [0.1, 0.15) is 33.4 Å². The van der Waals surface area contributed by atoms with E-state index in [4.69, 9.17) is 31.4 Å². The summed E-state index contributed by atoms with van der Waals surface area (Å²) in [4.78, 5) is 0. The maximum absolute atomic E-state index is 13.7. The number of phenolic OH excluding ortho intramolecular Hbond substituents is 3. The monoisotopic (exact) mass is 985 g/mol. The van der Waals surface area contributed by atoms with Crippen LogP contribution in [0, 0.1) is 17.5 Å². The smallest absolute Gasteiger partial charge is 0.169 e. The molecule has 0 spiro atoms. The van der Waals surface area contributed by atoms with Crippen LogP contribution in [-0.2, 0) is 25.7 Å². The molecule has 6 aromatic carbocycles. The lowest BCUT2D eigenvalue weighted by atomic mass is 10.1. The minimum atomic E-state index is -0.578. The first-order valence-corrected chi connectivity index (χ1v) is 24.1. The first-order valence-electron chi connectivity index (χ1n) is 21.2. The number of benzene rings is 6. The Morgan fingerprint density at radius 2 is 0.739 bits per heavy atom. The van der Waals surface area contributed by atoms with Gasteiger partial charge in [0.25, 0.3) is 0 Å². The van der Waals surface area contributed by atoms with Gasteiger partial charge in [-0.2, -0.15) is 34.0 Å². The second-order valence-electron chi connectivity index (χ2n) is 15.4. The number of nitrogen functional groups attached to an aromatic ring is 3. The average Bonchev–Trinajstić information content (AvgIpc) is 4.16. The van der Waals surface area contributed by atoms with Crippen LogP contribution in [0.2, 0.25) is 0 Å². The molecule has 3 aromatic heterocycles. The van der Waals surface area contributed by atoms with Crippen molar-refractivity contribution in [3.05, 3.63) is 211 Å². The van der Waals surface area contributed by atoms with E-state index in [2.05, 4.69) is 22.9 Å². The topological polar surface area (TPSA) is 166 Å². The number of ether oxygens (including phenoxy) is 3. The molecule has 15 heteroatoms. The number of halogens is 3. The van der Waals surface area contributed by atoms with Crippen molar-refractivity contribution in [3.63, 3.8) is 0 Å². The molecule has 9 aromatic rings. The summed E-state index contributed by atoms with van der Waals surface area (Å²) >= 11 is 4.96. The number of rotatable bonds is 14. The van der Waals surface area contributed by atoms with E-state index in [0.717, 1.165) is 47.9 Å². The molecule has 0 aliphatic carbocycles. The summed E-state index contributed by atoms with van der Waals surface area (Å²) in [5, 5.41) is 42.6. The second-order valence-corrected chi connectivity index (χ2v) is 17.7. The Balaban J connectivity index is 0.000000153. The maximum Gasteiger partial charge on any atom is 0.169 e. The largest absolute Gasteiger partial charge is 0.504 e. The minimum absolute atomic E-state index is 0.0101. The summed E-state index contributed by atoms with van der Waals surface area (Å²) < 4.78 is 57.4. The lowest BCUT2D eigenvalue weighted by Gasteiger charge is -2.10. The third kappa shape index (κ3) is 14.6. The molecular weight excluding hydrogens is 940 g/mol. The molecule has 69 heavy (non-hydrogen) atoms. The summed E-state index contributed by atoms with van der Waals surface area (Å²) in [7, 11) is 0. The van der Waals surface area contributed by atoms with E-state index >= 15 is 0 Å². The Hall–Kier alpha value is -7.85. The normalized spacial score (nSPS) is 10.8. The van der Waals surface area contributed by atoms with Crippen LogP contribution in [0.4, 0.5) is 30.2 Å². The van der Waals surface area contributed by atoms with Gasteiger partial charge in [-0.25, -0.2) is 13.2 Å². The number of anilines is 3. The summed E-state index contributed by atoms with van der Waals surface area (Å²) in [6.45, 7) is 0. The number of aryl methyl sites for hydroxylation is 4. The zero-order valence-electron chi connectivity index (χ0n) is 36.7. The van der Waals surface area contributed by atoms with Gasteiger partial charge in [0.2, 0.25) is 0 Å². The van der Waals surface area contributed by atoms with Crippen molar-refractivity contribution in [2.24, 2.45) is 0 Å². The van der Waals surface area contributed by atoms with Crippen LogP contribution in [0.25, 0.3) is 12.2 Å². The Morgan fingerprint density at radius 1 is 0.377 bits per heavy atom. The van der Waals surface area contributed by atoms with E-state index in [9.17, 15) is 28.5 Å². The highest BCUT2D eigenvalue weighted by atomic mass is 32.1. The van der Waals surface area contributed by atoms with E-state index in [-0.39, 0.29) is 51.7 Å². The fourth-order valence-electron chi connectivity index (χ4n) is 6.50. The van der Waals surface area contributed by atoms with Gasteiger partial charge in [-0.15, -0.1) is 0 Å². The van der Waals surface area contributed by atoms with Gasteiger partial charge in [-0.3, -0.25) is 0 Å². The molecule has 0 saturated carbocycles. The van der Waals surface area contributed by atoms with E-state index in [1.54, 1.807) is 88.6 Å². The van der Waals surface area contributed by atoms with Gasteiger partial charge in [-0.05, 0) is 182 Å². The Morgan fingerprint density at radius 3 is 1.10 bits per heavy atom. The number of phenols is 3. The van der Waals surface area contributed by atoms with Crippen LogP contribution < -0.4 is 31.4 Å². The number of hydrogen-bond donors (Lipinski definition) is 6. The SMILES string of the molecule is Nc1ccc(Oc2ccc(/C=C/c3ccsc3)cc2O)c(F)c1.Nc1ccc(Oc2ccc(CCc3ccsc3)cc2O)c(F)c1.Nc1ccc(Oc2ccc(CCc3ccsc3)cc2O)c(F)c1. The van der Waals surface area contributed by atoms with Gasteiger partial charge in [0.1, 0.15) is 0 Å². The predicted octanol–water partition coefficient (Wildman–Crippen LogP) is 14.6. The molecule has 0 bridgehead atoms. The average molecular weight is 986 g/mol. The Labute approximate surface area is 409 Å². The zero-order valence-corrected chi connectivity index (χ0v) is 39.2. The number of aromatic hydroxyl groups is 3. The van der Waals surface area contributed by atoms with Gasteiger partial charge in [0.15, 0.2) is 69.2 Å². The van der Waals surface area contributed by atoms with Crippen molar-refractivity contribution in [1.82, 2.24) is 0 Å². The molecule has 0 aliphatic heterocycles. The third-order valence-electron chi connectivity index (χ3n) is 10.1. The zero-order chi connectivity index (χ0) is 48.7. The van der Waals surface area contributed by atoms with Crippen LogP contribution in [0.15, 0.2) is 160 Å². The predicted molar refractivity (Wildman–Crippen MR) is 274 cm³/mol. The van der Waals surface area contributed by atoms with Crippen molar-refractivity contribution in [3.8, 4) is 51.7 Å². The van der Waals surface area contributed by atoms with Gasteiger partial charge < -0.3 is 46.7 Å². The number of nitrogens with two attached hydrogens (primary N) is 3. The summed E-state index contributed by atoms with van der Waals surface area (Å²) in [6, 6.07) is 33.9. The standard InChI is InChI=1S/2C18H16FNO2S.C18H14FNO2S/c3*19-15-10-14(20)4-6-17(15)22-18-5-3-12(9-16(18)21)1-2-13-7-8-23-11-13/h2*3-11,21H,1-2,20H2;1-11,21H,20H2/b;;2-1+. The highest BCUT2D eigenvalue weighted by Gasteiger charge is 2.13. The fraction of sp³-hybridized carbons (Fsp3) is 0.0741. The van der Waals surface area contributed by atoms with Crippen molar-refractivity contribution in [2.75, 3.05) is 17.2 Å². The summed E-state index contributed by atoms with van der Waals surface area (Å²) in [6.07, 6.45) is 7.30. The highest BCUT2D eigenvalue weighted by molar-refractivity contribution is 7.08. The molecule has 0 unspecified atom stereocenters. The van der Waals surface area contributed by atoms with Gasteiger partial charge in [0, 0.05) is 35.3 Å². The maximum atomic E-state index is 13.7. The number of hydrogen-bond acceptors (Lipinski definition) is 12. The van der Waals surface area contributed by atoms with Crippen molar-refractivity contribution in [2.45, 2.75) is 25.7 Å². The molecule has 352 valence electrons. The molecule has 3 heterocycles. The van der Waals surface area contributed by atoms with Crippen LogP contribution in [0.5, 0.6) is 51.7 Å². The Bertz CT molecular complexity index is 2970. The van der Waals surface area contributed by atoms with Gasteiger partial charge in [-0.1, -0.05) is 30.4 Å². The summed E-state index contributed by atoms with van der Waals surface area (Å²) in [5.74, 6) is -1.11. The Kier molecular flexibility index (Phi) is 16.9. The lowest BCUT2D eigenvalue weighted by molar-refractivity contribution is 0.395. The molecule has 0 aliphatic rings. The molecule has 0 amide bonds. The molecule has 0 radical (unpaired) electrons. The molecule has 9 rings (SSSR count). The lowest BCUT2D eigenvalue weighted by Crippen LogP contribution is -1.93.